The molecule has 0 bridgehead atoms. The number of hydrogen-bond acceptors (Lipinski definition) is 6. The van der Waals surface area contributed by atoms with Crippen LogP contribution < -0.4 is 20.9 Å². The molecule has 0 aromatic heterocycles. The van der Waals surface area contributed by atoms with Gasteiger partial charge in [0.25, 0.3) is 0 Å². The van der Waals surface area contributed by atoms with Crippen LogP contribution in [0, 0.1) is 0 Å². The fourth-order valence-electron chi connectivity index (χ4n) is 1.31. The number of nitrogens with two attached hydrogens (primary N) is 2. The molecule has 0 fully saturated rings. The Morgan fingerprint density at radius 2 is 2.11 bits per heavy atom. The molecule has 0 radical (unpaired) electrons. The quantitative estimate of drug-likeness (QED) is 0.484. The zero-order valence-corrected chi connectivity index (χ0v) is 11.1. The van der Waals surface area contributed by atoms with E-state index < -0.39 is 16.1 Å². The number of carbonyl (C=O) groups is 1. The molecule has 0 aliphatic rings. The molecule has 5 N–H and O–H groups in total. The van der Waals surface area contributed by atoms with E-state index in [1.807, 2.05) is 0 Å². The summed E-state index contributed by atoms with van der Waals surface area (Å²) < 4.78 is 35.6. The van der Waals surface area contributed by atoms with Gasteiger partial charge in [-0.2, -0.15) is 0 Å². The van der Waals surface area contributed by atoms with Crippen LogP contribution in [-0.4, -0.2) is 34.8 Å². The molecule has 8 nitrogen and oxygen atoms in total. The molecule has 0 aliphatic heterocycles. The summed E-state index contributed by atoms with van der Waals surface area (Å²) in [5.41, 5.74) is 10.6. The smallest absolute Gasteiger partial charge is 0.404 e. The first-order valence-electron chi connectivity index (χ1n) is 5.22. The van der Waals surface area contributed by atoms with Gasteiger partial charge in [0.1, 0.15) is 17.3 Å². The summed E-state index contributed by atoms with van der Waals surface area (Å²) in [6, 6.07) is 4.24. The molecule has 9 heteroatoms. The standard InChI is InChI=1S/C10H15N3O5S/c1-17-8-3-2-7(11)6-9(8)19(15,16)13-4-5-18-10(12)14/h2-3,6,13H,4-5,11H2,1H3,(H2,12,14). The number of rotatable bonds is 6. The van der Waals surface area contributed by atoms with Crippen LogP contribution in [0.5, 0.6) is 5.75 Å². The molecular weight excluding hydrogens is 274 g/mol. The number of sulfonamides is 1. The highest BCUT2D eigenvalue weighted by atomic mass is 32.2. The van der Waals surface area contributed by atoms with E-state index in [4.69, 9.17) is 16.2 Å². The van der Waals surface area contributed by atoms with E-state index in [2.05, 4.69) is 9.46 Å². The third-order valence-electron chi connectivity index (χ3n) is 2.12. The van der Waals surface area contributed by atoms with Crippen molar-refractivity contribution in [2.24, 2.45) is 5.73 Å². The van der Waals surface area contributed by atoms with E-state index in [9.17, 15) is 13.2 Å². The number of benzene rings is 1. The predicted octanol–water partition coefficient (Wildman–Crippen LogP) is -0.349. The largest absolute Gasteiger partial charge is 0.495 e. The van der Waals surface area contributed by atoms with Gasteiger partial charge in [-0.05, 0) is 18.2 Å². The molecular formula is C10H15N3O5S. The van der Waals surface area contributed by atoms with Gasteiger partial charge in [0.2, 0.25) is 10.0 Å². The van der Waals surface area contributed by atoms with Gasteiger partial charge >= 0.3 is 6.09 Å². The molecule has 0 aliphatic carbocycles. The molecule has 0 heterocycles. The minimum Gasteiger partial charge on any atom is -0.495 e. The average molecular weight is 289 g/mol. The normalized spacial score (nSPS) is 11.0. The van der Waals surface area contributed by atoms with Gasteiger partial charge in [-0.1, -0.05) is 0 Å². The molecule has 1 aromatic rings. The van der Waals surface area contributed by atoms with E-state index in [1.165, 1.54) is 25.3 Å². The van der Waals surface area contributed by atoms with Crippen molar-refractivity contribution < 1.29 is 22.7 Å². The van der Waals surface area contributed by atoms with Gasteiger partial charge in [0.05, 0.1) is 7.11 Å². The Hall–Kier alpha value is -2.00. The second-order valence-electron chi connectivity index (χ2n) is 3.48. The summed E-state index contributed by atoms with van der Waals surface area (Å²) in [6.45, 7) is -0.275. The fraction of sp³-hybridized carbons (Fsp3) is 0.300. The first kappa shape index (κ1) is 15.1. The molecule has 1 rings (SSSR count). The molecule has 1 aromatic carbocycles. The summed E-state index contributed by atoms with van der Waals surface area (Å²) >= 11 is 0. The van der Waals surface area contributed by atoms with Crippen LogP contribution in [-0.2, 0) is 14.8 Å². The van der Waals surface area contributed by atoms with Crippen LogP contribution in [0.25, 0.3) is 0 Å². The van der Waals surface area contributed by atoms with Gasteiger partial charge in [0, 0.05) is 12.2 Å². The minimum atomic E-state index is -3.81. The van der Waals surface area contributed by atoms with Crippen LogP contribution in [0.2, 0.25) is 0 Å². The number of primary amides is 1. The van der Waals surface area contributed by atoms with Crippen LogP contribution in [0.15, 0.2) is 23.1 Å². The van der Waals surface area contributed by atoms with Crippen molar-refractivity contribution in [3.63, 3.8) is 0 Å². The van der Waals surface area contributed by atoms with Crippen molar-refractivity contribution in [2.45, 2.75) is 4.90 Å². The lowest BCUT2D eigenvalue weighted by Gasteiger charge is -2.11. The summed E-state index contributed by atoms with van der Waals surface area (Å²) in [7, 11) is -2.46. The van der Waals surface area contributed by atoms with E-state index in [-0.39, 0.29) is 29.5 Å². The van der Waals surface area contributed by atoms with Gasteiger partial charge in [0.15, 0.2) is 0 Å². The monoisotopic (exact) mass is 289 g/mol. The third-order valence-corrected chi connectivity index (χ3v) is 3.60. The summed E-state index contributed by atoms with van der Waals surface area (Å²) in [4.78, 5) is 10.2. The second-order valence-corrected chi connectivity index (χ2v) is 5.21. The zero-order chi connectivity index (χ0) is 14.5. The minimum absolute atomic E-state index is 0.0888. The number of nitrogens with one attached hydrogen (secondary N) is 1. The van der Waals surface area contributed by atoms with Crippen molar-refractivity contribution in [2.75, 3.05) is 26.0 Å². The van der Waals surface area contributed by atoms with Gasteiger partial charge < -0.3 is 20.9 Å². The maximum atomic E-state index is 12.0. The number of methoxy groups -OCH3 is 1. The summed E-state index contributed by atoms with van der Waals surface area (Å²) in [6.07, 6.45) is -0.972. The highest BCUT2D eigenvalue weighted by Crippen LogP contribution is 2.25. The third kappa shape index (κ3) is 4.30. The van der Waals surface area contributed by atoms with Crippen molar-refractivity contribution in [3.05, 3.63) is 18.2 Å². The number of amides is 1. The summed E-state index contributed by atoms with van der Waals surface area (Å²) in [5, 5.41) is 0. The lowest BCUT2D eigenvalue weighted by atomic mass is 10.3. The van der Waals surface area contributed by atoms with Crippen LogP contribution in [0.1, 0.15) is 0 Å². The second kappa shape index (κ2) is 6.25. The molecule has 0 saturated heterocycles. The Bertz CT molecular complexity index is 558. The summed E-state index contributed by atoms with van der Waals surface area (Å²) in [5.74, 6) is 0.164. The average Bonchev–Trinajstić information content (AvgIpc) is 2.34. The Balaban J connectivity index is 2.82. The van der Waals surface area contributed by atoms with Gasteiger partial charge in [-0.3, -0.25) is 0 Å². The molecule has 0 unspecified atom stereocenters. The number of carbonyl (C=O) groups excluding carboxylic acids is 1. The highest BCUT2D eigenvalue weighted by molar-refractivity contribution is 7.89. The van der Waals surface area contributed by atoms with Crippen LogP contribution in [0.3, 0.4) is 0 Å². The maximum Gasteiger partial charge on any atom is 0.404 e. The molecule has 1 amide bonds. The molecule has 106 valence electrons. The Labute approximate surface area is 110 Å². The lowest BCUT2D eigenvalue weighted by molar-refractivity contribution is 0.159. The van der Waals surface area contributed by atoms with Crippen molar-refractivity contribution in [1.82, 2.24) is 4.72 Å². The molecule has 19 heavy (non-hydrogen) atoms. The number of anilines is 1. The fourth-order valence-corrected chi connectivity index (χ4v) is 2.52. The van der Waals surface area contributed by atoms with Crippen molar-refractivity contribution in [1.29, 1.82) is 0 Å². The molecule has 0 atom stereocenters. The first-order chi connectivity index (χ1) is 8.86. The topological polar surface area (TPSA) is 134 Å². The van der Waals surface area contributed by atoms with E-state index in [0.717, 1.165) is 0 Å². The van der Waals surface area contributed by atoms with E-state index in [1.54, 1.807) is 0 Å². The molecule has 0 spiro atoms. The van der Waals surface area contributed by atoms with Crippen molar-refractivity contribution in [3.8, 4) is 5.75 Å². The van der Waals surface area contributed by atoms with Gasteiger partial charge in [-0.25, -0.2) is 17.9 Å². The lowest BCUT2D eigenvalue weighted by Crippen LogP contribution is -2.29. The Morgan fingerprint density at radius 3 is 2.68 bits per heavy atom. The Morgan fingerprint density at radius 1 is 1.42 bits per heavy atom. The first-order valence-corrected chi connectivity index (χ1v) is 6.70. The van der Waals surface area contributed by atoms with Crippen LogP contribution >= 0.6 is 0 Å². The number of ether oxygens (including phenoxy) is 2. The van der Waals surface area contributed by atoms with Crippen molar-refractivity contribution >= 4 is 21.8 Å². The Kier molecular flexibility index (Phi) is 4.95. The number of hydrogen-bond donors (Lipinski definition) is 3. The maximum absolute atomic E-state index is 12.0. The van der Waals surface area contributed by atoms with E-state index in [0.29, 0.717) is 0 Å². The number of nitrogen functional groups attached to an aromatic ring is 1. The molecule has 0 saturated carbocycles. The zero-order valence-electron chi connectivity index (χ0n) is 10.3. The SMILES string of the molecule is COc1ccc(N)cc1S(=O)(=O)NCCOC(N)=O. The van der Waals surface area contributed by atoms with Gasteiger partial charge in [-0.15, -0.1) is 0 Å². The predicted molar refractivity (Wildman–Crippen MR) is 68.1 cm³/mol. The van der Waals surface area contributed by atoms with Crippen LogP contribution in [0.4, 0.5) is 10.5 Å². The highest BCUT2D eigenvalue weighted by Gasteiger charge is 2.19. The van der Waals surface area contributed by atoms with E-state index >= 15 is 0 Å².